The van der Waals surface area contributed by atoms with E-state index in [1.807, 2.05) is 27.2 Å². The molecule has 0 saturated carbocycles. The average molecular weight is 351 g/mol. The van der Waals surface area contributed by atoms with Gasteiger partial charge in [-0.15, -0.1) is 0 Å². The van der Waals surface area contributed by atoms with E-state index in [4.69, 9.17) is 0 Å². The van der Waals surface area contributed by atoms with E-state index < -0.39 is 5.41 Å². The zero-order valence-corrected chi connectivity index (χ0v) is 15.5. The summed E-state index contributed by atoms with van der Waals surface area (Å²) in [5, 5.41) is 16.3. The van der Waals surface area contributed by atoms with Crippen LogP contribution in [0.15, 0.2) is 24.8 Å². The van der Waals surface area contributed by atoms with E-state index in [1.165, 1.54) is 0 Å². The number of aryl methyl sites for hydroxylation is 2. The van der Waals surface area contributed by atoms with Gasteiger partial charge in [0.2, 0.25) is 0 Å². The molecule has 3 rings (SSSR count). The van der Waals surface area contributed by atoms with E-state index >= 15 is 0 Å². The maximum Gasteiger partial charge on any atom is 0.255 e. The standard InChI is InChI=1S/C18H21N7O/c1-11(18(2,3)10-19)22-17(26)13-9-24(4)16-15(13)23-14(7-20-16)12-6-21-25(5)8-12/h6-9,11H,1-5H3,(H,22,26). The summed E-state index contributed by atoms with van der Waals surface area (Å²) in [5.41, 5.74) is 2.38. The molecular weight excluding hydrogens is 330 g/mol. The highest BCUT2D eigenvalue weighted by molar-refractivity contribution is 6.05. The molecule has 0 aliphatic heterocycles. The fraction of sp³-hybridized carbons (Fsp3) is 0.389. The van der Waals surface area contributed by atoms with Gasteiger partial charge >= 0.3 is 0 Å². The maximum atomic E-state index is 12.8. The van der Waals surface area contributed by atoms with Crippen molar-refractivity contribution in [3.05, 3.63) is 30.4 Å². The Morgan fingerprint density at radius 3 is 2.65 bits per heavy atom. The zero-order chi connectivity index (χ0) is 19.1. The minimum Gasteiger partial charge on any atom is -0.348 e. The Labute approximate surface area is 151 Å². The average Bonchev–Trinajstić information content (AvgIpc) is 3.18. The Bertz CT molecular complexity index is 1020. The van der Waals surface area contributed by atoms with Crippen molar-refractivity contribution >= 4 is 17.1 Å². The largest absolute Gasteiger partial charge is 0.348 e. The second kappa shape index (κ2) is 6.26. The summed E-state index contributed by atoms with van der Waals surface area (Å²) in [6, 6.07) is 1.90. The van der Waals surface area contributed by atoms with E-state index in [0.29, 0.717) is 22.4 Å². The third-order valence-electron chi connectivity index (χ3n) is 4.63. The highest BCUT2D eigenvalue weighted by Gasteiger charge is 2.28. The van der Waals surface area contributed by atoms with Crippen LogP contribution in [-0.4, -0.2) is 36.3 Å². The van der Waals surface area contributed by atoms with Gasteiger partial charge in [0.05, 0.1) is 35.1 Å². The predicted molar refractivity (Wildman–Crippen MR) is 97.0 cm³/mol. The molecule has 8 nitrogen and oxygen atoms in total. The van der Waals surface area contributed by atoms with E-state index in [-0.39, 0.29) is 11.9 Å². The van der Waals surface area contributed by atoms with Crippen molar-refractivity contribution in [2.45, 2.75) is 26.8 Å². The Morgan fingerprint density at radius 2 is 2.04 bits per heavy atom. The first kappa shape index (κ1) is 17.6. The summed E-state index contributed by atoms with van der Waals surface area (Å²) in [5.74, 6) is -0.274. The number of fused-ring (bicyclic) bond motifs is 1. The van der Waals surface area contributed by atoms with Crippen molar-refractivity contribution < 1.29 is 4.79 Å². The molecule has 0 aromatic carbocycles. The molecule has 0 bridgehead atoms. The zero-order valence-electron chi connectivity index (χ0n) is 15.5. The van der Waals surface area contributed by atoms with Gasteiger partial charge in [-0.2, -0.15) is 10.4 Å². The molecule has 0 radical (unpaired) electrons. The summed E-state index contributed by atoms with van der Waals surface area (Å²) in [4.78, 5) is 21.9. The van der Waals surface area contributed by atoms with Crippen LogP contribution in [0, 0.1) is 16.7 Å². The second-order valence-electron chi connectivity index (χ2n) is 7.01. The van der Waals surface area contributed by atoms with Crippen LogP contribution in [0.3, 0.4) is 0 Å². The van der Waals surface area contributed by atoms with Crippen molar-refractivity contribution in [1.29, 1.82) is 5.26 Å². The molecule has 1 atom stereocenters. The molecule has 0 fully saturated rings. The van der Waals surface area contributed by atoms with Gasteiger partial charge in [-0.1, -0.05) is 0 Å². The van der Waals surface area contributed by atoms with Crippen LogP contribution in [0.1, 0.15) is 31.1 Å². The van der Waals surface area contributed by atoms with Crippen molar-refractivity contribution in [3.63, 3.8) is 0 Å². The molecule has 1 N–H and O–H groups in total. The first-order valence-corrected chi connectivity index (χ1v) is 8.26. The first-order chi connectivity index (χ1) is 12.2. The van der Waals surface area contributed by atoms with Gasteiger partial charge in [0.1, 0.15) is 5.52 Å². The number of aromatic nitrogens is 5. The number of nitriles is 1. The number of nitrogens with one attached hydrogen (secondary N) is 1. The van der Waals surface area contributed by atoms with Crippen molar-refractivity contribution in [3.8, 4) is 17.3 Å². The van der Waals surface area contributed by atoms with Crippen LogP contribution in [0.4, 0.5) is 0 Å². The highest BCUT2D eigenvalue weighted by atomic mass is 16.1. The molecule has 0 aliphatic rings. The third-order valence-corrected chi connectivity index (χ3v) is 4.63. The van der Waals surface area contributed by atoms with Gasteiger partial charge in [-0.25, -0.2) is 9.97 Å². The lowest BCUT2D eigenvalue weighted by Crippen LogP contribution is -2.42. The van der Waals surface area contributed by atoms with E-state index in [1.54, 1.807) is 41.7 Å². The number of carbonyl (C=O) groups excluding carboxylic acids is 1. The smallest absolute Gasteiger partial charge is 0.255 e. The fourth-order valence-corrected chi connectivity index (χ4v) is 2.55. The Morgan fingerprint density at radius 1 is 1.31 bits per heavy atom. The normalized spacial score (nSPS) is 12.8. The SMILES string of the molecule is CC(NC(=O)c1cn(C)c2ncc(-c3cnn(C)c3)nc12)C(C)(C)C#N. The van der Waals surface area contributed by atoms with Gasteiger partial charge in [0.25, 0.3) is 5.91 Å². The van der Waals surface area contributed by atoms with Crippen LogP contribution in [0.2, 0.25) is 0 Å². The van der Waals surface area contributed by atoms with E-state index in [0.717, 1.165) is 5.56 Å². The molecule has 3 heterocycles. The number of nitrogens with zero attached hydrogens (tertiary/aromatic N) is 6. The quantitative estimate of drug-likeness (QED) is 0.775. The van der Waals surface area contributed by atoms with Gasteiger partial charge in [-0.3, -0.25) is 9.48 Å². The highest BCUT2D eigenvalue weighted by Crippen LogP contribution is 2.23. The maximum absolute atomic E-state index is 12.8. The molecule has 3 aromatic heterocycles. The lowest BCUT2D eigenvalue weighted by Gasteiger charge is -2.25. The summed E-state index contributed by atoms with van der Waals surface area (Å²) in [7, 11) is 3.65. The van der Waals surface area contributed by atoms with Gasteiger partial charge in [-0.05, 0) is 20.8 Å². The first-order valence-electron chi connectivity index (χ1n) is 8.26. The molecule has 134 valence electrons. The lowest BCUT2D eigenvalue weighted by atomic mass is 9.87. The van der Waals surface area contributed by atoms with Crippen LogP contribution in [0.25, 0.3) is 22.4 Å². The number of carbonyl (C=O) groups is 1. The summed E-state index contributed by atoms with van der Waals surface area (Å²) in [6.07, 6.45) is 6.92. The molecule has 26 heavy (non-hydrogen) atoms. The number of hydrogen-bond acceptors (Lipinski definition) is 5. The van der Waals surface area contributed by atoms with Crippen molar-refractivity contribution in [2.24, 2.45) is 19.5 Å². The molecular formula is C18H21N7O. The Hall–Kier alpha value is -3.21. The topological polar surface area (TPSA) is 101 Å². The molecule has 0 spiro atoms. The van der Waals surface area contributed by atoms with Gasteiger partial charge in [0, 0.05) is 38.1 Å². The van der Waals surface area contributed by atoms with Crippen LogP contribution >= 0.6 is 0 Å². The summed E-state index contributed by atoms with van der Waals surface area (Å²) >= 11 is 0. The van der Waals surface area contributed by atoms with Crippen LogP contribution in [0.5, 0.6) is 0 Å². The third kappa shape index (κ3) is 3.04. The summed E-state index contributed by atoms with van der Waals surface area (Å²) in [6.45, 7) is 5.40. The van der Waals surface area contributed by atoms with E-state index in [2.05, 4.69) is 26.5 Å². The van der Waals surface area contributed by atoms with Crippen LogP contribution in [-0.2, 0) is 14.1 Å². The Kier molecular flexibility index (Phi) is 4.24. The Balaban J connectivity index is 2.00. The number of hydrogen-bond donors (Lipinski definition) is 1. The molecule has 0 saturated heterocycles. The molecule has 1 unspecified atom stereocenters. The molecule has 3 aromatic rings. The lowest BCUT2D eigenvalue weighted by molar-refractivity contribution is 0.0921. The van der Waals surface area contributed by atoms with E-state index in [9.17, 15) is 10.1 Å². The monoisotopic (exact) mass is 351 g/mol. The van der Waals surface area contributed by atoms with Crippen molar-refractivity contribution in [2.75, 3.05) is 0 Å². The second-order valence-corrected chi connectivity index (χ2v) is 7.01. The van der Waals surface area contributed by atoms with Gasteiger partial charge < -0.3 is 9.88 Å². The van der Waals surface area contributed by atoms with Crippen molar-refractivity contribution in [1.82, 2.24) is 29.6 Å². The minimum absolute atomic E-state index is 0.274. The summed E-state index contributed by atoms with van der Waals surface area (Å²) < 4.78 is 3.45. The van der Waals surface area contributed by atoms with Gasteiger partial charge in [0.15, 0.2) is 5.65 Å². The predicted octanol–water partition coefficient (Wildman–Crippen LogP) is 2.04. The number of rotatable bonds is 4. The molecule has 1 amide bonds. The fourth-order valence-electron chi connectivity index (χ4n) is 2.55. The van der Waals surface area contributed by atoms with Crippen LogP contribution < -0.4 is 5.32 Å². The molecule has 8 heteroatoms. The molecule has 0 aliphatic carbocycles. The number of amides is 1. The minimum atomic E-state index is -0.674.